The number of rotatable bonds is 4. The van der Waals surface area contributed by atoms with Crippen molar-refractivity contribution in [3.05, 3.63) is 23.9 Å². The fourth-order valence-corrected chi connectivity index (χ4v) is 2.65. The van der Waals surface area contributed by atoms with Gasteiger partial charge in [0.15, 0.2) is 5.65 Å². The largest absolute Gasteiger partial charge is 0.278 e. The molecule has 0 radical (unpaired) electrons. The van der Waals surface area contributed by atoms with Crippen molar-refractivity contribution in [2.75, 3.05) is 5.88 Å². The smallest absolute Gasteiger partial charge is 0.163 e. The Morgan fingerprint density at radius 2 is 2.15 bits per heavy atom. The predicted molar refractivity (Wildman–Crippen MR) is 78.5 cm³/mol. The summed E-state index contributed by atoms with van der Waals surface area (Å²) in [5, 5.41) is 8.78. The highest BCUT2D eigenvalue weighted by molar-refractivity contribution is 6.17. The molecule has 0 atom stereocenters. The summed E-state index contributed by atoms with van der Waals surface area (Å²) in [6, 6.07) is 0. The fraction of sp³-hybridized carbons (Fsp3) is 0.462. The number of aryl methyl sites for hydroxylation is 4. The SMILES string of the molecule is CCn1nc(C)c2nc(CCCl)n(-c3cnn(C)c3)c21. The van der Waals surface area contributed by atoms with Gasteiger partial charge in [-0.2, -0.15) is 10.2 Å². The van der Waals surface area contributed by atoms with Gasteiger partial charge in [-0.05, 0) is 13.8 Å². The van der Waals surface area contributed by atoms with E-state index in [0.717, 1.165) is 34.9 Å². The second-order valence-corrected chi connectivity index (χ2v) is 5.13. The molecule has 3 heterocycles. The van der Waals surface area contributed by atoms with Crippen molar-refractivity contribution in [2.24, 2.45) is 7.05 Å². The van der Waals surface area contributed by atoms with E-state index in [-0.39, 0.29) is 0 Å². The molecule has 7 heteroatoms. The average Bonchev–Trinajstić information content (AvgIpc) is 3.06. The lowest BCUT2D eigenvalue weighted by Gasteiger charge is -2.07. The van der Waals surface area contributed by atoms with Gasteiger partial charge in [0.2, 0.25) is 0 Å². The Balaban J connectivity index is 2.32. The van der Waals surface area contributed by atoms with Gasteiger partial charge < -0.3 is 0 Å². The number of hydrogen-bond acceptors (Lipinski definition) is 3. The number of nitrogens with zero attached hydrogens (tertiary/aromatic N) is 6. The van der Waals surface area contributed by atoms with E-state index < -0.39 is 0 Å². The van der Waals surface area contributed by atoms with Crippen LogP contribution in [0.2, 0.25) is 0 Å². The van der Waals surface area contributed by atoms with Crippen molar-refractivity contribution >= 4 is 22.8 Å². The third kappa shape index (κ3) is 1.91. The molecule has 106 valence electrons. The van der Waals surface area contributed by atoms with Gasteiger partial charge >= 0.3 is 0 Å². The molecule has 0 amide bonds. The first-order valence-electron chi connectivity index (χ1n) is 6.65. The van der Waals surface area contributed by atoms with Crippen molar-refractivity contribution in [2.45, 2.75) is 26.8 Å². The monoisotopic (exact) mass is 292 g/mol. The number of aromatic nitrogens is 6. The zero-order chi connectivity index (χ0) is 14.3. The van der Waals surface area contributed by atoms with E-state index in [1.54, 1.807) is 4.68 Å². The van der Waals surface area contributed by atoms with Crippen LogP contribution in [0.1, 0.15) is 18.4 Å². The minimum Gasteiger partial charge on any atom is -0.278 e. The maximum Gasteiger partial charge on any atom is 0.163 e. The molecule has 0 N–H and O–H groups in total. The topological polar surface area (TPSA) is 53.5 Å². The van der Waals surface area contributed by atoms with Crippen LogP contribution in [0, 0.1) is 6.92 Å². The van der Waals surface area contributed by atoms with Crippen LogP contribution in [0.25, 0.3) is 16.9 Å². The number of halogens is 1. The second kappa shape index (κ2) is 4.94. The molecule has 0 saturated heterocycles. The first kappa shape index (κ1) is 13.2. The first-order chi connectivity index (χ1) is 9.65. The molecule has 0 bridgehead atoms. The summed E-state index contributed by atoms with van der Waals surface area (Å²) in [7, 11) is 1.90. The van der Waals surface area contributed by atoms with Gasteiger partial charge in [-0.1, -0.05) is 0 Å². The molecule has 20 heavy (non-hydrogen) atoms. The second-order valence-electron chi connectivity index (χ2n) is 4.75. The highest BCUT2D eigenvalue weighted by atomic mass is 35.5. The van der Waals surface area contributed by atoms with Crippen molar-refractivity contribution in [3.8, 4) is 5.69 Å². The minimum atomic E-state index is 0.540. The Morgan fingerprint density at radius 3 is 2.75 bits per heavy atom. The standard InChI is InChI=1S/C13H17ClN6/c1-4-19-13-12(9(2)17-19)16-11(5-6-14)20(13)10-7-15-18(3)8-10/h7-8H,4-6H2,1-3H3. The quantitative estimate of drug-likeness (QED) is 0.692. The van der Waals surface area contributed by atoms with E-state index in [4.69, 9.17) is 16.6 Å². The molecule has 0 saturated carbocycles. The zero-order valence-electron chi connectivity index (χ0n) is 11.8. The minimum absolute atomic E-state index is 0.540. The maximum atomic E-state index is 5.91. The van der Waals surface area contributed by atoms with Crippen molar-refractivity contribution in [1.29, 1.82) is 0 Å². The van der Waals surface area contributed by atoms with Crippen molar-refractivity contribution < 1.29 is 0 Å². The Kier molecular flexibility index (Phi) is 3.25. The number of alkyl halides is 1. The molecule has 3 rings (SSSR count). The van der Waals surface area contributed by atoms with Crippen LogP contribution in [0.3, 0.4) is 0 Å². The summed E-state index contributed by atoms with van der Waals surface area (Å²) in [5.74, 6) is 1.49. The zero-order valence-corrected chi connectivity index (χ0v) is 12.6. The highest BCUT2D eigenvalue weighted by Crippen LogP contribution is 2.24. The van der Waals surface area contributed by atoms with Crippen LogP contribution in [-0.4, -0.2) is 35.0 Å². The Bertz CT molecular complexity index is 750. The van der Waals surface area contributed by atoms with Crippen LogP contribution >= 0.6 is 11.6 Å². The Hall–Kier alpha value is -1.82. The van der Waals surface area contributed by atoms with E-state index in [9.17, 15) is 0 Å². The molecular weight excluding hydrogens is 276 g/mol. The van der Waals surface area contributed by atoms with Gasteiger partial charge in [0.25, 0.3) is 0 Å². The molecule has 0 unspecified atom stereocenters. The molecule has 0 aliphatic carbocycles. The average molecular weight is 293 g/mol. The molecule has 0 fully saturated rings. The summed E-state index contributed by atoms with van der Waals surface area (Å²) in [6.07, 6.45) is 4.52. The molecule has 0 aliphatic rings. The molecule has 0 aliphatic heterocycles. The summed E-state index contributed by atoms with van der Waals surface area (Å²) in [5.41, 5.74) is 3.89. The van der Waals surface area contributed by atoms with E-state index in [1.807, 2.05) is 31.0 Å². The molecule has 3 aromatic rings. The van der Waals surface area contributed by atoms with E-state index >= 15 is 0 Å². The predicted octanol–water partition coefficient (Wildman–Crippen LogP) is 2.07. The molecule has 3 aromatic heterocycles. The molecular formula is C13H17ClN6. The van der Waals surface area contributed by atoms with Crippen LogP contribution < -0.4 is 0 Å². The molecule has 6 nitrogen and oxygen atoms in total. The summed E-state index contributed by atoms with van der Waals surface area (Å²) in [4.78, 5) is 4.71. The summed E-state index contributed by atoms with van der Waals surface area (Å²) >= 11 is 5.91. The first-order valence-corrected chi connectivity index (χ1v) is 7.18. The van der Waals surface area contributed by atoms with Crippen LogP contribution in [0.4, 0.5) is 0 Å². The summed E-state index contributed by atoms with van der Waals surface area (Å²) < 4.78 is 5.86. The summed E-state index contributed by atoms with van der Waals surface area (Å²) in [6.45, 7) is 4.86. The third-order valence-corrected chi connectivity index (χ3v) is 3.54. The van der Waals surface area contributed by atoms with Crippen LogP contribution in [0.5, 0.6) is 0 Å². The van der Waals surface area contributed by atoms with Gasteiger partial charge in [0.05, 0.1) is 17.6 Å². The van der Waals surface area contributed by atoms with E-state index in [1.165, 1.54) is 0 Å². The van der Waals surface area contributed by atoms with E-state index in [2.05, 4.69) is 21.7 Å². The number of fused-ring (bicyclic) bond motifs is 1. The lowest BCUT2D eigenvalue weighted by molar-refractivity contribution is 0.659. The van der Waals surface area contributed by atoms with Gasteiger partial charge in [-0.25, -0.2) is 9.67 Å². The highest BCUT2D eigenvalue weighted by Gasteiger charge is 2.19. The number of hydrogen-bond donors (Lipinski definition) is 0. The fourth-order valence-electron chi connectivity index (χ4n) is 2.48. The van der Waals surface area contributed by atoms with Gasteiger partial charge in [-0.3, -0.25) is 9.25 Å². The van der Waals surface area contributed by atoms with Gasteiger partial charge in [0, 0.05) is 32.1 Å². The van der Waals surface area contributed by atoms with Crippen LogP contribution in [-0.2, 0) is 20.0 Å². The lowest BCUT2D eigenvalue weighted by Crippen LogP contribution is -2.07. The van der Waals surface area contributed by atoms with Gasteiger partial charge in [0.1, 0.15) is 11.3 Å². The normalized spacial score (nSPS) is 11.6. The lowest BCUT2D eigenvalue weighted by atomic mass is 10.4. The van der Waals surface area contributed by atoms with Crippen molar-refractivity contribution in [3.63, 3.8) is 0 Å². The molecule has 0 aromatic carbocycles. The number of imidazole rings is 1. The van der Waals surface area contributed by atoms with Crippen LogP contribution in [0.15, 0.2) is 12.4 Å². The molecule has 0 spiro atoms. The Labute approximate surface area is 122 Å². The van der Waals surface area contributed by atoms with Gasteiger partial charge in [-0.15, -0.1) is 11.6 Å². The van der Waals surface area contributed by atoms with Crippen molar-refractivity contribution in [1.82, 2.24) is 29.1 Å². The Morgan fingerprint density at radius 1 is 1.35 bits per heavy atom. The maximum absolute atomic E-state index is 5.91. The van der Waals surface area contributed by atoms with E-state index in [0.29, 0.717) is 12.3 Å². The third-order valence-electron chi connectivity index (χ3n) is 3.35.